The number of halogens is 1. The first-order valence-electron chi connectivity index (χ1n) is 5.31. The Balaban J connectivity index is 2.35. The van der Waals surface area contributed by atoms with Crippen molar-refractivity contribution >= 4 is 18.0 Å². The van der Waals surface area contributed by atoms with E-state index in [1.807, 2.05) is 54.6 Å². The van der Waals surface area contributed by atoms with E-state index >= 15 is 0 Å². The molecule has 0 aliphatic rings. The van der Waals surface area contributed by atoms with Crippen LogP contribution < -0.4 is 5.32 Å². The standard InChI is InChI=1S/C14H12ClNO/c15-13-8-6-12(7-9-13)14(16-10-17)11-4-2-1-3-5-11/h1-10,14H,(H,16,17)/t14-/m1/s1. The van der Waals surface area contributed by atoms with Crippen LogP contribution in [-0.4, -0.2) is 6.41 Å². The van der Waals surface area contributed by atoms with Gasteiger partial charge in [0.05, 0.1) is 6.04 Å². The number of amides is 1. The maximum atomic E-state index is 10.7. The fraction of sp³-hybridized carbons (Fsp3) is 0.0714. The topological polar surface area (TPSA) is 29.1 Å². The van der Waals surface area contributed by atoms with E-state index in [1.165, 1.54) is 0 Å². The second-order valence-electron chi connectivity index (χ2n) is 3.68. The van der Waals surface area contributed by atoms with Crippen molar-refractivity contribution in [2.75, 3.05) is 0 Å². The number of carbonyl (C=O) groups is 1. The zero-order valence-electron chi connectivity index (χ0n) is 9.14. The number of hydrogen-bond acceptors (Lipinski definition) is 1. The molecule has 1 N–H and O–H groups in total. The predicted octanol–water partition coefficient (Wildman–Crippen LogP) is 3.18. The van der Waals surface area contributed by atoms with Crippen LogP contribution in [0.2, 0.25) is 5.02 Å². The predicted molar refractivity (Wildman–Crippen MR) is 68.9 cm³/mol. The highest BCUT2D eigenvalue weighted by Crippen LogP contribution is 2.22. The Kier molecular flexibility index (Phi) is 3.78. The van der Waals surface area contributed by atoms with Gasteiger partial charge in [0, 0.05) is 5.02 Å². The van der Waals surface area contributed by atoms with Crippen molar-refractivity contribution in [1.82, 2.24) is 5.32 Å². The van der Waals surface area contributed by atoms with Gasteiger partial charge in [-0.25, -0.2) is 0 Å². The Morgan fingerprint density at radius 1 is 0.941 bits per heavy atom. The molecular formula is C14H12ClNO. The number of rotatable bonds is 4. The molecule has 2 aromatic rings. The molecule has 3 heteroatoms. The molecule has 0 fully saturated rings. The third-order valence-corrected chi connectivity index (χ3v) is 2.82. The molecule has 0 aromatic heterocycles. The van der Waals surface area contributed by atoms with E-state index < -0.39 is 0 Å². The average molecular weight is 246 g/mol. The quantitative estimate of drug-likeness (QED) is 0.824. The number of carbonyl (C=O) groups excluding carboxylic acids is 1. The summed E-state index contributed by atoms with van der Waals surface area (Å²) in [5, 5.41) is 3.50. The fourth-order valence-corrected chi connectivity index (χ4v) is 1.88. The van der Waals surface area contributed by atoms with Gasteiger partial charge in [0.2, 0.25) is 6.41 Å². The molecule has 0 bridgehead atoms. The van der Waals surface area contributed by atoms with Gasteiger partial charge in [-0.2, -0.15) is 0 Å². The van der Waals surface area contributed by atoms with Gasteiger partial charge >= 0.3 is 0 Å². The Morgan fingerprint density at radius 2 is 1.53 bits per heavy atom. The van der Waals surface area contributed by atoms with Crippen LogP contribution in [0.15, 0.2) is 54.6 Å². The monoisotopic (exact) mass is 245 g/mol. The van der Waals surface area contributed by atoms with Crippen LogP contribution in [0, 0.1) is 0 Å². The summed E-state index contributed by atoms with van der Waals surface area (Å²) in [5.74, 6) is 0. The maximum absolute atomic E-state index is 10.7. The van der Waals surface area contributed by atoms with Crippen LogP contribution in [0.1, 0.15) is 17.2 Å². The largest absolute Gasteiger partial charge is 0.348 e. The van der Waals surface area contributed by atoms with E-state index in [0.29, 0.717) is 11.4 Å². The highest BCUT2D eigenvalue weighted by Gasteiger charge is 2.12. The van der Waals surface area contributed by atoms with Gasteiger partial charge < -0.3 is 5.32 Å². The summed E-state index contributed by atoms with van der Waals surface area (Å²) in [4.78, 5) is 10.7. The smallest absolute Gasteiger partial charge is 0.207 e. The molecule has 0 radical (unpaired) electrons. The van der Waals surface area contributed by atoms with Crippen molar-refractivity contribution in [2.45, 2.75) is 6.04 Å². The van der Waals surface area contributed by atoms with E-state index in [0.717, 1.165) is 11.1 Å². The van der Waals surface area contributed by atoms with E-state index in [-0.39, 0.29) is 6.04 Å². The molecule has 1 amide bonds. The molecule has 0 saturated heterocycles. The zero-order chi connectivity index (χ0) is 12.1. The molecular weight excluding hydrogens is 234 g/mol. The van der Waals surface area contributed by atoms with Crippen LogP contribution in [0.25, 0.3) is 0 Å². The first-order chi connectivity index (χ1) is 8.31. The van der Waals surface area contributed by atoms with Crippen LogP contribution >= 0.6 is 11.6 Å². The average Bonchev–Trinajstić information content (AvgIpc) is 2.38. The number of benzene rings is 2. The van der Waals surface area contributed by atoms with Gasteiger partial charge in [0.1, 0.15) is 0 Å². The van der Waals surface area contributed by atoms with Gasteiger partial charge in [-0.05, 0) is 23.3 Å². The van der Waals surface area contributed by atoms with Crippen LogP contribution in [0.4, 0.5) is 0 Å². The van der Waals surface area contributed by atoms with Crippen molar-refractivity contribution in [3.63, 3.8) is 0 Å². The lowest BCUT2D eigenvalue weighted by Crippen LogP contribution is -2.20. The molecule has 0 aliphatic heterocycles. The third kappa shape index (κ3) is 2.86. The molecule has 86 valence electrons. The minimum atomic E-state index is -0.133. The molecule has 0 spiro atoms. The van der Waals surface area contributed by atoms with Gasteiger partial charge in [-0.3, -0.25) is 4.79 Å². The number of hydrogen-bond donors (Lipinski definition) is 1. The fourth-order valence-electron chi connectivity index (χ4n) is 1.75. The highest BCUT2D eigenvalue weighted by molar-refractivity contribution is 6.30. The van der Waals surface area contributed by atoms with E-state index in [1.54, 1.807) is 0 Å². The Labute approximate surface area is 105 Å². The van der Waals surface area contributed by atoms with Crippen molar-refractivity contribution < 1.29 is 4.79 Å². The second-order valence-corrected chi connectivity index (χ2v) is 4.12. The molecule has 0 aliphatic carbocycles. The molecule has 0 unspecified atom stereocenters. The third-order valence-electron chi connectivity index (χ3n) is 2.57. The lowest BCUT2D eigenvalue weighted by atomic mass is 9.99. The van der Waals surface area contributed by atoms with Crippen molar-refractivity contribution in [3.8, 4) is 0 Å². The van der Waals surface area contributed by atoms with E-state index in [9.17, 15) is 4.79 Å². The minimum Gasteiger partial charge on any atom is -0.348 e. The second kappa shape index (κ2) is 5.51. The van der Waals surface area contributed by atoms with Crippen molar-refractivity contribution in [1.29, 1.82) is 0 Å². The molecule has 2 nitrogen and oxygen atoms in total. The first-order valence-corrected chi connectivity index (χ1v) is 5.69. The SMILES string of the molecule is O=CN[C@H](c1ccccc1)c1ccc(Cl)cc1. The van der Waals surface area contributed by atoms with Crippen molar-refractivity contribution in [3.05, 3.63) is 70.7 Å². The van der Waals surface area contributed by atoms with E-state index in [4.69, 9.17) is 11.6 Å². The summed E-state index contributed by atoms with van der Waals surface area (Å²) in [6.45, 7) is 0. The Hall–Kier alpha value is -1.80. The lowest BCUT2D eigenvalue weighted by molar-refractivity contribution is -0.110. The summed E-state index contributed by atoms with van der Waals surface area (Å²) in [5.41, 5.74) is 2.05. The van der Waals surface area contributed by atoms with Gasteiger partial charge in [-0.15, -0.1) is 0 Å². The van der Waals surface area contributed by atoms with Crippen molar-refractivity contribution in [2.24, 2.45) is 0 Å². The highest BCUT2D eigenvalue weighted by atomic mass is 35.5. The van der Waals surface area contributed by atoms with E-state index in [2.05, 4.69) is 5.32 Å². The molecule has 0 heterocycles. The summed E-state index contributed by atoms with van der Waals surface area (Å²) < 4.78 is 0. The van der Waals surface area contributed by atoms with Gasteiger partial charge in [0.15, 0.2) is 0 Å². The Bertz CT molecular complexity index is 481. The zero-order valence-corrected chi connectivity index (χ0v) is 9.89. The van der Waals surface area contributed by atoms with Crippen LogP contribution in [-0.2, 0) is 4.79 Å². The van der Waals surface area contributed by atoms with Gasteiger partial charge in [-0.1, -0.05) is 54.1 Å². The first kappa shape index (κ1) is 11.7. The minimum absolute atomic E-state index is 0.133. The Morgan fingerprint density at radius 3 is 2.12 bits per heavy atom. The summed E-state index contributed by atoms with van der Waals surface area (Å²) in [6.07, 6.45) is 0.715. The lowest BCUT2D eigenvalue weighted by Gasteiger charge is -2.17. The van der Waals surface area contributed by atoms with Crippen LogP contribution in [0.3, 0.4) is 0 Å². The molecule has 2 rings (SSSR count). The molecule has 0 saturated carbocycles. The summed E-state index contributed by atoms with van der Waals surface area (Å²) in [7, 11) is 0. The maximum Gasteiger partial charge on any atom is 0.207 e. The van der Waals surface area contributed by atoms with Crippen LogP contribution in [0.5, 0.6) is 0 Å². The normalized spacial score (nSPS) is 11.8. The van der Waals surface area contributed by atoms with Gasteiger partial charge in [0.25, 0.3) is 0 Å². The summed E-state index contributed by atoms with van der Waals surface area (Å²) >= 11 is 5.85. The molecule has 17 heavy (non-hydrogen) atoms. The molecule has 2 aromatic carbocycles. The summed E-state index contributed by atoms with van der Waals surface area (Å²) in [6, 6.07) is 17.1. The number of nitrogens with one attached hydrogen (secondary N) is 1. The molecule has 1 atom stereocenters.